The molecule has 2 aliphatic rings. The van der Waals surface area contributed by atoms with Gasteiger partial charge in [0.25, 0.3) is 0 Å². The zero-order valence-electron chi connectivity index (χ0n) is 12.2. The largest absolute Gasteiger partial charge is 0.377 e. The van der Waals surface area contributed by atoms with Crippen molar-refractivity contribution >= 4 is 11.9 Å². The lowest BCUT2D eigenvalue weighted by atomic mass is 9.97. The highest BCUT2D eigenvalue weighted by Gasteiger charge is 2.35. The fourth-order valence-corrected chi connectivity index (χ4v) is 3.30. The van der Waals surface area contributed by atoms with Gasteiger partial charge in [-0.25, -0.2) is 4.39 Å². The van der Waals surface area contributed by atoms with Gasteiger partial charge >= 0.3 is 0 Å². The molecule has 0 aromatic heterocycles. The van der Waals surface area contributed by atoms with E-state index in [9.17, 15) is 4.39 Å². The van der Waals surface area contributed by atoms with E-state index in [1.807, 2.05) is 30.5 Å². The van der Waals surface area contributed by atoms with Crippen LogP contribution in [0.5, 0.6) is 0 Å². The first-order valence-corrected chi connectivity index (χ1v) is 7.55. The molecule has 0 N–H and O–H groups in total. The third-order valence-electron chi connectivity index (χ3n) is 4.37. The Morgan fingerprint density at radius 1 is 1.09 bits per heavy atom. The van der Waals surface area contributed by atoms with Gasteiger partial charge in [-0.05, 0) is 12.1 Å². The predicted molar refractivity (Wildman–Crippen MR) is 85.1 cm³/mol. The van der Waals surface area contributed by atoms with Gasteiger partial charge in [-0.15, -0.1) is 0 Å². The summed E-state index contributed by atoms with van der Waals surface area (Å²) in [5.41, 5.74) is 2.86. The minimum atomic E-state index is -0.256. The molecule has 2 heterocycles. The van der Waals surface area contributed by atoms with E-state index in [4.69, 9.17) is 9.73 Å². The van der Waals surface area contributed by atoms with Crippen LogP contribution in [-0.2, 0) is 4.74 Å². The van der Waals surface area contributed by atoms with Crippen molar-refractivity contribution in [2.24, 2.45) is 4.99 Å². The summed E-state index contributed by atoms with van der Waals surface area (Å²) in [5.74, 6) is -0.207. The first kappa shape index (κ1) is 13.5. The van der Waals surface area contributed by atoms with Crippen LogP contribution in [0.25, 0.3) is 0 Å². The zero-order valence-corrected chi connectivity index (χ0v) is 12.2. The fourth-order valence-electron chi connectivity index (χ4n) is 3.30. The van der Waals surface area contributed by atoms with Crippen LogP contribution in [-0.4, -0.2) is 32.0 Å². The average Bonchev–Trinajstić information content (AvgIpc) is 2.73. The van der Waals surface area contributed by atoms with Crippen LogP contribution < -0.4 is 4.90 Å². The lowest BCUT2D eigenvalue weighted by molar-refractivity contribution is 0.0866. The summed E-state index contributed by atoms with van der Waals surface area (Å²) >= 11 is 0. The molecular formula is C18H17FN2O. The van der Waals surface area contributed by atoms with Crippen LogP contribution in [0.4, 0.5) is 10.1 Å². The van der Waals surface area contributed by atoms with Crippen LogP contribution in [0.1, 0.15) is 17.2 Å². The van der Waals surface area contributed by atoms with E-state index in [1.54, 1.807) is 6.07 Å². The topological polar surface area (TPSA) is 24.8 Å². The standard InChI is InChI=1S/C18H17FN2O/c19-15-7-3-2-6-14(15)18-17-12-22-10-9-21(17)16-8-4-1-5-13(16)11-20-18/h1-8,11,17-18H,9-10,12H2. The number of hydrogen-bond acceptors (Lipinski definition) is 3. The van der Waals surface area contributed by atoms with Gasteiger partial charge in [0.15, 0.2) is 0 Å². The molecule has 4 heteroatoms. The summed E-state index contributed by atoms with van der Waals surface area (Å²) in [7, 11) is 0. The molecule has 3 nitrogen and oxygen atoms in total. The highest BCUT2D eigenvalue weighted by molar-refractivity contribution is 5.89. The molecule has 0 saturated carbocycles. The lowest BCUT2D eigenvalue weighted by Crippen LogP contribution is -2.48. The number of rotatable bonds is 1. The van der Waals surface area contributed by atoms with E-state index in [0.717, 1.165) is 17.8 Å². The predicted octanol–water partition coefficient (Wildman–Crippen LogP) is 3.20. The maximum Gasteiger partial charge on any atom is 0.128 e. The molecule has 0 spiro atoms. The highest BCUT2D eigenvalue weighted by Crippen LogP contribution is 2.35. The third-order valence-corrected chi connectivity index (χ3v) is 4.37. The van der Waals surface area contributed by atoms with Crippen molar-refractivity contribution in [2.75, 3.05) is 24.7 Å². The lowest BCUT2D eigenvalue weighted by Gasteiger charge is -2.39. The second-order valence-corrected chi connectivity index (χ2v) is 5.64. The van der Waals surface area contributed by atoms with Crippen molar-refractivity contribution in [1.29, 1.82) is 0 Å². The number of anilines is 1. The monoisotopic (exact) mass is 296 g/mol. The molecular weight excluding hydrogens is 279 g/mol. The number of morpholine rings is 1. The zero-order chi connectivity index (χ0) is 14.9. The van der Waals surface area contributed by atoms with Crippen molar-refractivity contribution in [3.8, 4) is 0 Å². The number of ether oxygens (including phenoxy) is 1. The Hall–Kier alpha value is -2.20. The molecule has 0 aliphatic carbocycles. The van der Waals surface area contributed by atoms with Gasteiger partial charge in [0.05, 0.1) is 19.3 Å². The average molecular weight is 296 g/mol. The second-order valence-electron chi connectivity index (χ2n) is 5.64. The van der Waals surface area contributed by atoms with E-state index >= 15 is 0 Å². The van der Waals surface area contributed by atoms with Crippen molar-refractivity contribution in [1.82, 2.24) is 0 Å². The molecule has 4 rings (SSSR count). The Morgan fingerprint density at radius 2 is 1.91 bits per heavy atom. The number of aliphatic imine (C=N–C) groups is 1. The maximum absolute atomic E-state index is 14.3. The summed E-state index contributed by atoms with van der Waals surface area (Å²) in [4.78, 5) is 7.00. The van der Waals surface area contributed by atoms with Gasteiger partial charge in [-0.2, -0.15) is 0 Å². The van der Waals surface area contributed by atoms with Gasteiger partial charge < -0.3 is 9.64 Å². The molecule has 112 valence electrons. The Balaban J connectivity index is 1.83. The molecule has 2 aromatic carbocycles. The maximum atomic E-state index is 14.3. The number of hydrogen-bond donors (Lipinski definition) is 0. The van der Waals surface area contributed by atoms with E-state index in [2.05, 4.69) is 17.0 Å². The number of para-hydroxylation sites is 1. The Morgan fingerprint density at radius 3 is 2.82 bits per heavy atom. The molecule has 2 aliphatic heterocycles. The van der Waals surface area contributed by atoms with E-state index < -0.39 is 0 Å². The SMILES string of the molecule is Fc1ccccc1C1N=Cc2ccccc2N2CCOCC12. The van der Waals surface area contributed by atoms with E-state index in [-0.39, 0.29) is 17.9 Å². The van der Waals surface area contributed by atoms with Crippen LogP contribution in [0.15, 0.2) is 53.5 Å². The van der Waals surface area contributed by atoms with Crippen molar-refractivity contribution in [2.45, 2.75) is 12.1 Å². The minimum Gasteiger partial charge on any atom is -0.377 e. The van der Waals surface area contributed by atoms with Crippen LogP contribution in [0, 0.1) is 5.82 Å². The minimum absolute atomic E-state index is 0.0190. The number of fused-ring (bicyclic) bond motifs is 3. The van der Waals surface area contributed by atoms with E-state index in [0.29, 0.717) is 18.8 Å². The first-order chi connectivity index (χ1) is 10.8. The molecule has 22 heavy (non-hydrogen) atoms. The molecule has 1 saturated heterocycles. The Kier molecular flexibility index (Phi) is 3.39. The van der Waals surface area contributed by atoms with Gasteiger partial charge in [0.1, 0.15) is 11.9 Å². The second kappa shape index (κ2) is 5.54. The molecule has 0 bridgehead atoms. The molecule has 0 radical (unpaired) electrons. The van der Waals surface area contributed by atoms with Gasteiger partial charge in [-0.3, -0.25) is 4.99 Å². The summed E-state index contributed by atoms with van der Waals surface area (Å²) < 4.78 is 19.9. The third kappa shape index (κ3) is 2.20. The highest BCUT2D eigenvalue weighted by atomic mass is 19.1. The van der Waals surface area contributed by atoms with E-state index in [1.165, 1.54) is 6.07 Å². The summed E-state index contributed by atoms with van der Waals surface area (Å²) in [5, 5.41) is 0. The molecule has 2 aromatic rings. The molecule has 1 fully saturated rings. The molecule has 2 atom stereocenters. The normalized spacial score (nSPS) is 23.6. The number of nitrogens with zero attached hydrogens (tertiary/aromatic N) is 2. The Bertz CT molecular complexity index is 716. The number of benzene rings is 2. The molecule has 0 amide bonds. The number of halogens is 1. The molecule has 2 unspecified atom stereocenters. The smallest absolute Gasteiger partial charge is 0.128 e. The van der Waals surface area contributed by atoms with Crippen LogP contribution >= 0.6 is 0 Å². The van der Waals surface area contributed by atoms with Crippen molar-refractivity contribution in [3.63, 3.8) is 0 Å². The quantitative estimate of drug-likeness (QED) is 0.807. The van der Waals surface area contributed by atoms with Gasteiger partial charge in [-0.1, -0.05) is 36.4 Å². The van der Waals surface area contributed by atoms with Gasteiger partial charge in [0, 0.05) is 29.6 Å². The Labute approximate surface area is 129 Å². The van der Waals surface area contributed by atoms with Crippen molar-refractivity contribution in [3.05, 3.63) is 65.5 Å². The fraction of sp³-hybridized carbons (Fsp3) is 0.278. The summed E-state index contributed by atoms with van der Waals surface area (Å²) in [6.45, 7) is 2.05. The summed E-state index contributed by atoms with van der Waals surface area (Å²) in [6, 6.07) is 14.8. The first-order valence-electron chi connectivity index (χ1n) is 7.55. The van der Waals surface area contributed by atoms with Gasteiger partial charge in [0.2, 0.25) is 0 Å². The van der Waals surface area contributed by atoms with Crippen LogP contribution in [0.2, 0.25) is 0 Å². The van der Waals surface area contributed by atoms with Crippen LogP contribution in [0.3, 0.4) is 0 Å². The summed E-state index contributed by atoms with van der Waals surface area (Å²) in [6.07, 6.45) is 1.87. The van der Waals surface area contributed by atoms with Crippen molar-refractivity contribution < 1.29 is 9.13 Å².